The average Bonchev–Trinajstić information content (AvgIpc) is 3.27. The minimum absolute atomic E-state index is 0.180. The van der Waals surface area contributed by atoms with E-state index in [0.29, 0.717) is 6.42 Å². The van der Waals surface area contributed by atoms with Gasteiger partial charge in [0.1, 0.15) is 24.4 Å². The van der Waals surface area contributed by atoms with Crippen LogP contribution < -0.4 is 5.32 Å². The van der Waals surface area contributed by atoms with Gasteiger partial charge in [0.15, 0.2) is 6.29 Å². The van der Waals surface area contributed by atoms with E-state index in [0.717, 1.165) is 64.2 Å². The van der Waals surface area contributed by atoms with E-state index in [9.17, 15) is 30.3 Å². The molecule has 7 atom stereocenters. The van der Waals surface area contributed by atoms with Gasteiger partial charge in [0.2, 0.25) is 5.91 Å². The average molecular weight is 874 g/mol. The molecule has 9 nitrogen and oxygen atoms in total. The minimum atomic E-state index is -1.57. The second-order valence-corrected chi connectivity index (χ2v) is 17.6. The zero-order chi connectivity index (χ0) is 45.1. The Morgan fingerprint density at radius 1 is 0.565 bits per heavy atom. The quantitative estimate of drug-likeness (QED) is 0.0262. The number of unbranched alkanes of at least 4 members (excludes halogenated alkanes) is 24. The maximum absolute atomic E-state index is 13.0. The normalized spacial score (nSPS) is 20.8. The zero-order valence-electron chi connectivity index (χ0n) is 39.6. The lowest BCUT2D eigenvalue weighted by Gasteiger charge is -2.40. The summed E-state index contributed by atoms with van der Waals surface area (Å²) in [5, 5.41) is 54.2. The van der Waals surface area contributed by atoms with Crippen LogP contribution in [-0.4, -0.2) is 87.5 Å². The molecule has 6 N–H and O–H groups in total. The van der Waals surface area contributed by atoms with Crippen LogP contribution in [0.5, 0.6) is 0 Å². The highest BCUT2D eigenvalue weighted by Gasteiger charge is 2.44. The minimum Gasteiger partial charge on any atom is -0.394 e. The summed E-state index contributed by atoms with van der Waals surface area (Å²) in [7, 11) is 0. The van der Waals surface area contributed by atoms with E-state index in [-0.39, 0.29) is 12.5 Å². The van der Waals surface area contributed by atoms with E-state index in [4.69, 9.17) is 9.47 Å². The molecule has 1 rings (SSSR count). The Kier molecular flexibility index (Phi) is 40.0. The van der Waals surface area contributed by atoms with Crippen LogP contribution >= 0.6 is 0 Å². The molecule has 1 aliphatic heterocycles. The molecular weight excluding hydrogens is 779 g/mol. The highest BCUT2D eigenvalue weighted by Crippen LogP contribution is 2.23. The summed E-state index contributed by atoms with van der Waals surface area (Å²) in [6.07, 6.45) is 50.0. The van der Waals surface area contributed by atoms with Crippen molar-refractivity contribution < 1.29 is 39.8 Å². The lowest BCUT2D eigenvalue weighted by atomic mass is 9.99. The predicted octanol–water partition coefficient (Wildman–Crippen LogP) is 11.6. The standard InChI is InChI=1S/C53H95NO8/c1-3-5-7-9-11-13-15-16-17-18-19-20-21-22-23-24-25-26-27-28-29-30-31-32-33-35-37-39-41-43-49(57)54-46(45-61-53-52(60)51(59)50(58)48(44-55)62-53)47(56)42-40-38-36-34-14-12-10-8-6-4-2/h5,7,11,13,16-17,19-20,40,42,46-48,50-53,55-56,58-60H,3-4,6,8-10,12,14-15,18,21-39,41,43-45H2,1-2H3,(H,54,57)/b7-5-,13-11-,17-16-,20-19-,42-40+. The number of carbonyl (C=O) groups is 1. The maximum atomic E-state index is 13.0. The topological polar surface area (TPSA) is 149 Å². The largest absolute Gasteiger partial charge is 0.394 e. The maximum Gasteiger partial charge on any atom is 0.220 e. The van der Waals surface area contributed by atoms with Crippen molar-refractivity contribution in [1.29, 1.82) is 0 Å². The number of nitrogens with one attached hydrogen (secondary N) is 1. The molecule has 0 saturated carbocycles. The van der Waals surface area contributed by atoms with Gasteiger partial charge < -0.3 is 40.3 Å². The Morgan fingerprint density at radius 2 is 1.00 bits per heavy atom. The fourth-order valence-electron chi connectivity index (χ4n) is 7.79. The van der Waals surface area contributed by atoms with Crippen molar-refractivity contribution in [2.45, 2.75) is 256 Å². The van der Waals surface area contributed by atoms with Gasteiger partial charge in [-0.25, -0.2) is 0 Å². The Bertz CT molecular complexity index is 1150. The van der Waals surface area contributed by atoms with Crippen LogP contribution in [0.1, 0.15) is 213 Å². The van der Waals surface area contributed by atoms with Crippen molar-refractivity contribution in [3.05, 3.63) is 60.8 Å². The first-order chi connectivity index (χ1) is 30.3. The molecule has 7 unspecified atom stereocenters. The first-order valence-electron chi connectivity index (χ1n) is 25.5. The molecule has 62 heavy (non-hydrogen) atoms. The van der Waals surface area contributed by atoms with E-state index >= 15 is 0 Å². The number of rotatable bonds is 42. The molecule has 0 spiro atoms. The molecule has 1 heterocycles. The first-order valence-corrected chi connectivity index (χ1v) is 25.5. The first kappa shape index (κ1) is 57.9. The van der Waals surface area contributed by atoms with Gasteiger partial charge >= 0.3 is 0 Å². The van der Waals surface area contributed by atoms with Crippen LogP contribution in [0.4, 0.5) is 0 Å². The molecule has 1 fully saturated rings. The van der Waals surface area contributed by atoms with Crippen LogP contribution in [0.15, 0.2) is 60.8 Å². The molecule has 0 radical (unpaired) electrons. The molecule has 0 aromatic carbocycles. The SMILES string of the molecule is CC/C=C\C/C=C\C/C=C\C/C=C\CCCCCCCCCCCCCCCCCCC(=O)NC(COC1OC(CO)C(O)C(O)C1O)C(O)/C=C/CCCCCCCCCC. The number of aliphatic hydroxyl groups is 5. The predicted molar refractivity (Wildman–Crippen MR) is 258 cm³/mol. The zero-order valence-corrected chi connectivity index (χ0v) is 39.6. The number of carbonyl (C=O) groups excluding carboxylic acids is 1. The summed E-state index contributed by atoms with van der Waals surface area (Å²) in [5.41, 5.74) is 0. The molecule has 1 aliphatic rings. The Morgan fingerprint density at radius 3 is 1.48 bits per heavy atom. The second-order valence-electron chi connectivity index (χ2n) is 17.6. The van der Waals surface area contributed by atoms with Crippen molar-refractivity contribution in [2.24, 2.45) is 0 Å². The lowest BCUT2D eigenvalue weighted by molar-refractivity contribution is -0.302. The third kappa shape index (κ3) is 32.5. The van der Waals surface area contributed by atoms with E-state index in [1.807, 2.05) is 6.08 Å². The third-order valence-corrected chi connectivity index (χ3v) is 11.8. The van der Waals surface area contributed by atoms with E-state index < -0.39 is 49.5 Å². The van der Waals surface area contributed by atoms with Gasteiger partial charge in [0.25, 0.3) is 0 Å². The highest BCUT2D eigenvalue weighted by molar-refractivity contribution is 5.76. The summed E-state index contributed by atoms with van der Waals surface area (Å²) in [4.78, 5) is 13.0. The fourth-order valence-corrected chi connectivity index (χ4v) is 7.79. The van der Waals surface area contributed by atoms with Gasteiger partial charge in [-0.1, -0.05) is 209 Å². The van der Waals surface area contributed by atoms with Crippen LogP contribution in [0.25, 0.3) is 0 Å². The van der Waals surface area contributed by atoms with Crippen LogP contribution in [0.3, 0.4) is 0 Å². The van der Waals surface area contributed by atoms with Crippen molar-refractivity contribution in [3.8, 4) is 0 Å². The molecular formula is C53H95NO8. The molecule has 0 bridgehead atoms. The third-order valence-electron chi connectivity index (χ3n) is 11.8. The van der Waals surface area contributed by atoms with Crippen LogP contribution in [-0.2, 0) is 14.3 Å². The van der Waals surface area contributed by atoms with Crippen molar-refractivity contribution in [2.75, 3.05) is 13.2 Å². The molecule has 1 amide bonds. The van der Waals surface area contributed by atoms with Gasteiger partial charge in [0, 0.05) is 6.42 Å². The van der Waals surface area contributed by atoms with E-state index in [1.54, 1.807) is 6.08 Å². The number of hydrogen-bond acceptors (Lipinski definition) is 8. The number of amides is 1. The van der Waals surface area contributed by atoms with Crippen LogP contribution in [0.2, 0.25) is 0 Å². The second kappa shape index (κ2) is 42.8. The Hall–Kier alpha value is -2.11. The van der Waals surface area contributed by atoms with Crippen molar-refractivity contribution in [1.82, 2.24) is 5.32 Å². The molecule has 0 aromatic heterocycles. The highest BCUT2D eigenvalue weighted by atomic mass is 16.7. The fraction of sp³-hybridized carbons (Fsp3) is 0.792. The smallest absolute Gasteiger partial charge is 0.220 e. The van der Waals surface area contributed by atoms with Crippen molar-refractivity contribution in [3.63, 3.8) is 0 Å². The van der Waals surface area contributed by atoms with E-state index in [2.05, 4.69) is 67.8 Å². The summed E-state index contributed by atoms with van der Waals surface area (Å²) in [6.45, 7) is 3.64. The van der Waals surface area contributed by atoms with Gasteiger partial charge in [-0.2, -0.15) is 0 Å². The summed E-state index contributed by atoms with van der Waals surface area (Å²) >= 11 is 0. The Balaban J connectivity index is 2.16. The number of ether oxygens (including phenoxy) is 2. The number of aliphatic hydroxyl groups excluding tert-OH is 5. The lowest BCUT2D eigenvalue weighted by Crippen LogP contribution is -2.60. The summed E-state index contributed by atoms with van der Waals surface area (Å²) in [5.74, 6) is -0.180. The summed E-state index contributed by atoms with van der Waals surface area (Å²) < 4.78 is 11.2. The molecule has 9 heteroatoms. The molecule has 360 valence electrons. The van der Waals surface area contributed by atoms with Gasteiger partial charge in [-0.05, 0) is 57.8 Å². The monoisotopic (exact) mass is 874 g/mol. The molecule has 0 aromatic rings. The summed E-state index contributed by atoms with van der Waals surface area (Å²) in [6, 6.07) is -0.804. The van der Waals surface area contributed by atoms with Gasteiger partial charge in [0.05, 0.1) is 25.4 Å². The van der Waals surface area contributed by atoms with E-state index in [1.165, 1.54) is 128 Å². The Labute approximate surface area is 379 Å². The molecule has 1 saturated heterocycles. The number of hydrogen-bond donors (Lipinski definition) is 6. The van der Waals surface area contributed by atoms with Crippen LogP contribution in [0, 0.1) is 0 Å². The van der Waals surface area contributed by atoms with Gasteiger partial charge in [-0.3, -0.25) is 4.79 Å². The number of allylic oxidation sites excluding steroid dienone is 9. The van der Waals surface area contributed by atoms with Crippen molar-refractivity contribution >= 4 is 5.91 Å². The molecule has 0 aliphatic carbocycles. The van der Waals surface area contributed by atoms with Gasteiger partial charge in [-0.15, -0.1) is 0 Å².